The van der Waals surface area contributed by atoms with Gasteiger partial charge in [-0.15, -0.1) is 0 Å². The largest absolute Gasteiger partial charge is 0.358 e. The molecule has 0 N–H and O–H groups in total. The fraction of sp³-hybridized carbons (Fsp3) is 0.462. The third kappa shape index (κ3) is 1.94. The number of hydrogen-bond acceptors (Lipinski definition) is 2. The first kappa shape index (κ1) is 11.4. The van der Waals surface area contributed by atoms with Crippen molar-refractivity contribution in [2.75, 3.05) is 13.1 Å². The smallest absolute Gasteiger partial charge is 0.100 e. The lowest BCUT2D eigenvalue weighted by Crippen LogP contribution is -2.24. The zero-order valence-corrected chi connectivity index (χ0v) is 11.2. The highest BCUT2D eigenvalue weighted by atomic mass is 35.5. The van der Waals surface area contributed by atoms with Gasteiger partial charge in [0.1, 0.15) is 5.84 Å². The maximum absolute atomic E-state index is 6.25. The lowest BCUT2D eigenvalue weighted by atomic mass is 9.98. The summed E-state index contributed by atoms with van der Waals surface area (Å²) in [6.07, 6.45) is 0.966. The highest BCUT2D eigenvalue weighted by molar-refractivity contribution is 6.36. The van der Waals surface area contributed by atoms with E-state index >= 15 is 0 Å². The lowest BCUT2D eigenvalue weighted by molar-refractivity contribution is 0.441. The Balaban J connectivity index is 1.91. The summed E-state index contributed by atoms with van der Waals surface area (Å²) in [5, 5.41) is 1.55. The van der Waals surface area contributed by atoms with E-state index in [2.05, 4.69) is 16.8 Å². The van der Waals surface area contributed by atoms with Crippen LogP contribution in [0.1, 0.15) is 24.8 Å². The van der Waals surface area contributed by atoms with Crippen molar-refractivity contribution < 1.29 is 0 Å². The minimum absolute atomic E-state index is 0.391. The minimum Gasteiger partial charge on any atom is -0.358 e. The van der Waals surface area contributed by atoms with E-state index < -0.39 is 0 Å². The second-order valence-corrected chi connectivity index (χ2v) is 5.65. The maximum Gasteiger partial charge on any atom is 0.100 e. The molecular formula is C13H14Cl2N2. The number of nitrogens with zero attached hydrogens (tertiary/aromatic N) is 2. The zero-order chi connectivity index (χ0) is 12.0. The number of rotatable bonds is 1. The molecule has 0 saturated carbocycles. The Morgan fingerprint density at radius 3 is 2.59 bits per heavy atom. The Morgan fingerprint density at radius 2 is 1.94 bits per heavy atom. The molecule has 3 rings (SSSR count). The van der Waals surface area contributed by atoms with Crippen LogP contribution in [0.5, 0.6) is 0 Å². The van der Waals surface area contributed by atoms with Crippen molar-refractivity contribution in [1.82, 2.24) is 4.90 Å². The third-order valence-corrected chi connectivity index (χ3v) is 4.16. The van der Waals surface area contributed by atoms with Crippen LogP contribution in [-0.2, 0) is 0 Å². The van der Waals surface area contributed by atoms with Gasteiger partial charge < -0.3 is 4.90 Å². The summed E-state index contributed by atoms with van der Waals surface area (Å²) in [4.78, 5) is 7.00. The Morgan fingerprint density at radius 1 is 1.24 bits per heavy atom. The molecule has 2 atom stereocenters. The molecule has 2 aliphatic rings. The molecule has 1 aromatic rings. The van der Waals surface area contributed by atoms with Gasteiger partial charge in [-0.1, -0.05) is 29.3 Å². The van der Waals surface area contributed by atoms with Gasteiger partial charge in [0.05, 0.1) is 6.04 Å². The van der Waals surface area contributed by atoms with Crippen LogP contribution in [0, 0.1) is 0 Å². The predicted octanol–water partition coefficient (Wildman–Crippen LogP) is 3.58. The molecule has 2 unspecified atom stereocenters. The molecule has 2 nitrogen and oxygen atoms in total. The standard InChI is InChI=1S/C13H14Cl2N2/c1-8-6-17-7-9(5-12(17)16-8)13-10(14)3-2-4-11(13)15/h2-4,8-9H,5-7H2,1H3. The molecule has 0 amide bonds. The van der Waals surface area contributed by atoms with E-state index in [0.29, 0.717) is 12.0 Å². The minimum atomic E-state index is 0.391. The van der Waals surface area contributed by atoms with Gasteiger partial charge in [-0.05, 0) is 24.6 Å². The fourth-order valence-electron chi connectivity index (χ4n) is 2.81. The van der Waals surface area contributed by atoms with E-state index in [-0.39, 0.29) is 0 Å². The van der Waals surface area contributed by atoms with Crippen molar-refractivity contribution in [1.29, 1.82) is 0 Å². The van der Waals surface area contributed by atoms with Crippen LogP contribution in [-0.4, -0.2) is 29.9 Å². The van der Waals surface area contributed by atoms with Gasteiger partial charge >= 0.3 is 0 Å². The predicted molar refractivity (Wildman–Crippen MR) is 72.3 cm³/mol. The Hall–Kier alpha value is -0.730. The summed E-state index contributed by atoms with van der Waals surface area (Å²) < 4.78 is 0. The summed E-state index contributed by atoms with van der Waals surface area (Å²) in [6, 6.07) is 6.16. The van der Waals surface area contributed by atoms with Crippen molar-refractivity contribution in [3.63, 3.8) is 0 Å². The molecule has 1 saturated heterocycles. The summed E-state index contributed by atoms with van der Waals surface area (Å²) in [6.45, 7) is 4.18. The van der Waals surface area contributed by atoms with Gasteiger partial charge in [-0.25, -0.2) is 0 Å². The number of amidine groups is 1. The molecule has 4 heteroatoms. The second kappa shape index (κ2) is 4.18. The van der Waals surface area contributed by atoms with Crippen molar-refractivity contribution in [3.05, 3.63) is 33.8 Å². The number of aliphatic imine (C=N–C) groups is 1. The molecular weight excluding hydrogens is 255 g/mol. The Bertz CT molecular complexity index is 464. The van der Waals surface area contributed by atoms with Gasteiger partial charge in [0.25, 0.3) is 0 Å². The average Bonchev–Trinajstić information content (AvgIpc) is 2.74. The van der Waals surface area contributed by atoms with Gasteiger partial charge in [0.15, 0.2) is 0 Å². The second-order valence-electron chi connectivity index (χ2n) is 4.84. The van der Waals surface area contributed by atoms with Crippen molar-refractivity contribution in [2.45, 2.75) is 25.3 Å². The highest BCUT2D eigenvalue weighted by Crippen LogP contribution is 2.38. The summed E-state index contributed by atoms with van der Waals surface area (Å²) in [5.74, 6) is 1.61. The quantitative estimate of drug-likeness (QED) is 0.760. The first-order chi connectivity index (χ1) is 8.15. The van der Waals surface area contributed by atoms with Crippen LogP contribution in [0.4, 0.5) is 0 Å². The van der Waals surface area contributed by atoms with Crippen molar-refractivity contribution in [2.24, 2.45) is 4.99 Å². The van der Waals surface area contributed by atoms with Gasteiger partial charge in [-0.2, -0.15) is 0 Å². The van der Waals surface area contributed by atoms with Gasteiger partial charge in [-0.3, -0.25) is 4.99 Å². The van der Waals surface area contributed by atoms with Gasteiger partial charge in [0, 0.05) is 35.5 Å². The van der Waals surface area contributed by atoms with E-state index in [1.165, 1.54) is 5.84 Å². The van der Waals surface area contributed by atoms with E-state index in [1.807, 2.05) is 18.2 Å². The monoisotopic (exact) mass is 268 g/mol. The van der Waals surface area contributed by atoms with Crippen LogP contribution >= 0.6 is 23.2 Å². The van der Waals surface area contributed by atoms with Crippen molar-refractivity contribution in [3.8, 4) is 0 Å². The number of fused-ring (bicyclic) bond motifs is 1. The molecule has 17 heavy (non-hydrogen) atoms. The zero-order valence-electron chi connectivity index (χ0n) is 9.66. The first-order valence-electron chi connectivity index (χ1n) is 5.90. The summed E-state index contributed by atoms with van der Waals surface area (Å²) in [5.41, 5.74) is 1.08. The molecule has 0 aliphatic carbocycles. The topological polar surface area (TPSA) is 15.6 Å². The van der Waals surface area contributed by atoms with Crippen LogP contribution in [0.2, 0.25) is 10.0 Å². The van der Waals surface area contributed by atoms with E-state index in [9.17, 15) is 0 Å². The molecule has 0 aromatic heterocycles. The number of benzene rings is 1. The molecule has 0 radical (unpaired) electrons. The summed E-state index contributed by atoms with van der Waals surface area (Å²) in [7, 11) is 0. The number of halogens is 2. The Kier molecular flexibility index (Phi) is 2.80. The van der Waals surface area contributed by atoms with Crippen LogP contribution in [0.15, 0.2) is 23.2 Å². The average molecular weight is 269 g/mol. The SMILES string of the molecule is CC1CN2CC(c3c(Cl)cccc3Cl)CC2=N1. The fourth-order valence-corrected chi connectivity index (χ4v) is 3.51. The maximum atomic E-state index is 6.25. The number of hydrogen-bond donors (Lipinski definition) is 0. The lowest BCUT2D eigenvalue weighted by Gasteiger charge is -2.16. The summed E-state index contributed by atoms with van der Waals surface area (Å²) >= 11 is 12.5. The highest BCUT2D eigenvalue weighted by Gasteiger charge is 2.35. The third-order valence-electron chi connectivity index (χ3n) is 3.50. The van der Waals surface area contributed by atoms with Crippen LogP contribution < -0.4 is 0 Å². The molecule has 90 valence electrons. The van der Waals surface area contributed by atoms with E-state index in [1.54, 1.807) is 0 Å². The van der Waals surface area contributed by atoms with Crippen molar-refractivity contribution >= 4 is 29.0 Å². The molecule has 2 heterocycles. The van der Waals surface area contributed by atoms with E-state index in [4.69, 9.17) is 23.2 Å². The first-order valence-corrected chi connectivity index (χ1v) is 6.66. The Labute approximate surface area is 111 Å². The van der Waals surface area contributed by atoms with E-state index in [0.717, 1.165) is 35.1 Å². The normalized spacial score (nSPS) is 27.2. The molecule has 1 aromatic carbocycles. The molecule has 0 spiro atoms. The van der Waals surface area contributed by atoms with Crippen LogP contribution in [0.25, 0.3) is 0 Å². The van der Waals surface area contributed by atoms with Gasteiger partial charge in [0.2, 0.25) is 0 Å². The molecule has 2 aliphatic heterocycles. The molecule has 0 bridgehead atoms. The molecule has 1 fully saturated rings. The van der Waals surface area contributed by atoms with Crippen LogP contribution in [0.3, 0.4) is 0 Å².